The van der Waals surface area contributed by atoms with Gasteiger partial charge in [-0.3, -0.25) is 0 Å². The Bertz CT molecular complexity index is 646. The second kappa shape index (κ2) is 5.56. The zero-order valence-electron chi connectivity index (χ0n) is 10.1. The maximum atomic E-state index is 11.8. The molecule has 2 amide bonds. The highest BCUT2D eigenvalue weighted by atomic mass is 16.2. The number of nitrogen functional groups attached to an aromatic ring is 1. The predicted molar refractivity (Wildman–Crippen MR) is 74.7 cm³/mol. The summed E-state index contributed by atoms with van der Waals surface area (Å²) in [7, 11) is 0. The molecule has 94 valence electrons. The van der Waals surface area contributed by atoms with Crippen molar-refractivity contribution in [2.75, 3.05) is 16.4 Å². The normalized spacial score (nSPS) is 9.42. The van der Waals surface area contributed by atoms with Crippen molar-refractivity contribution < 1.29 is 4.79 Å². The van der Waals surface area contributed by atoms with Gasteiger partial charge in [0.15, 0.2) is 0 Å². The van der Waals surface area contributed by atoms with Crippen LogP contribution in [0.1, 0.15) is 5.56 Å². The lowest BCUT2D eigenvalue weighted by Gasteiger charge is -2.09. The molecule has 2 rings (SSSR count). The van der Waals surface area contributed by atoms with Crippen molar-refractivity contribution >= 4 is 23.1 Å². The van der Waals surface area contributed by atoms with Gasteiger partial charge in [-0.15, -0.1) is 0 Å². The predicted octanol–water partition coefficient (Wildman–Crippen LogP) is 2.78. The van der Waals surface area contributed by atoms with Crippen LogP contribution in [0.3, 0.4) is 0 Å². The number of nitrogens with one attached hydrogen (secondary N) is 2. The van der Waals surface area contributed by atoms with E-state index in [1.54, 1.807) is 48.5 Å². The molecule has 0 aliphatic heterocycles. The number of carbonyl (C=O) groups excluding carboxylic acids is 1. The van der Waals surface area contributed by atoms with Gasteiger partial charge in [0.05, 0.1) is 11.3 Å². The molecule has 0 atom stereocenters. The first-order valence-corrected chi connectivity index (χ1v) is 5.62. The molecule has 0 radical (unpaired) electrons. The molecule has 2 aromatic rings. The van der Waals surface area contributed by atoms with E-state index in [1.165, 1.54) is 0 Å². The molecule has 4 N–H and O–H groups in total. The molecule has 0 unspecified atom stereocenters. The molecule has 2 aromatic carbocycles. The van der Waals surface area contributed by atoms with E-state index >= 15 is 0 Å². The fourth-order valence-electron chi connectivity index (χ4n) is 1.59. The maximum Gasteiger partial charge on any atom is 0.323 e. The topological polar surface area (TPSA) is 90.9 Å². The van der Waals surface area contributed by atoms with Gasteiger partial charge in [0.25, 0.3) is 0 Å². The molecule has 5 nitrogen and oxygen atoms in total. The Balaban J connectivity index is 2.08. The fourth-order valence-corrected chi connectivity index (χ4v) is 1.59. The molecule has 0 spiro atoms. The van der Waals surface area contributed by atoms with E-state index in [4.69, 9.17) is 11.0 Å². The number of urea groups is 1. The minimum atomic E-state index is -0.423. The molecular weight excluding hydrogens is 240 g/mol. The van der Waals surface area contributed by atoms with Crippen LogP contribution < -0.4 is 16.4 Å². The van der Waals surface area contributed by atoms with Gasteiger partial charge in [-0.2, -0.15) is 5.26 Å². The summed E-state index contributed by atoms with van der Waals surface area (Å²) in [5.41, 5.74) is 7.64. The van der Waals surface area contributed by atoms with Gasteiger partial charge in [0.1, 0.15) is 6.07 Å². The first-order valence-electron chi connectivity index (χ1n) is 5.62. The van der Waals surface area contributed by atoms with Crippen molar-refractivity contribution in [2.24, 2.45) is 0 Å². The van der Waals surface area contributed by atoms with Gasteiger partial charge >= 0.3 is 6.03 Å². The number of anilines is 3. The Morgan fingerprint density at radius 1 is 1.11 bits per heavy atom. The minimum Gasteiger partial charge on any atom is -0.399 e. The number of hydrogen-bond donors (Lipinski definition) is 3. The third-order valence-electron chi connectivity index (χ3n) is 2.44. The Hall–Kier alpha value is -3.00. The lowest BCUT2D eigenvalue weighted by atomic mass is 10.2. The van der Waals surface area contributed by atoms with Crippen molar-refractivity contribution in [3.05, 3.63) is 54.1 Å². The van der Waals surface area contributed by atoms with Crippen LogP contribution in [0.5, 0.6) is 0 Å². The van der Waals surface area contributed by atoms with Crippen LogP contribution in [-0.2, 0) is 0 Å². The Morgan fingerprint density at radius 2 is 1.89 bits per heavy atom. The standard InChI is InChI=1S/C14H12N4O/c15-9-10-4-1-2-7-13(10)18-14(19)17-12-6-3-5-11(16)8-12/h1-8H,16H2,(H2,17,18,19). The fraction of sp³-hybridized carbons (Fsp3) is 0. The van der Waals surface area contributed by atoms with Crippen molar-refractivity contribution in [1.29, 1.82) is 5.26 Å². The van der Waals surface area contributed by atoms with E-state index in [-0.39, 0.29) is 0 Å². The maximum absolute atomic E-state index is 11.8. The molecule has 0 fully saturated rings. The van der Waals surface area contributed by atoms with Crippen molar-refractivity contribution in [2.45, 2.75) is 0 Å². The smallest absolute Gasteiger partial charge is 0.323 e. The Morgan fingerprint density at radius 3 is 2.63 bits per heavy atom. The van der Waals surface area contributed by atoms with E-state index in [9.17, 15) is 4.79 Å². The number of nitrogens with two attached hydrogens (primary N) is 1. The average molecular weight is 252 g/mol. The minimum absolute atomic E-state index is 0.408. The first kappa shape index (κ1) is 12.5. The van der Waals surface area contributed by atoms with Gasteiger partial charge in [-0.05, 0) is 30.3 Å². The van der Waals surface area contributed by atoms with Crippen LogP contribution in [0.25, 0.3) is 0 Å². The monoisotopic (exact) mass is 252 g/mol. The molecule has 0 aliphatic carbocycles. The van der Waals surface area contributed by atoms with Crippen LogP contribution in [0.4, 0.5) is 21.9 Å². The molecule has 0 saturated heterocycles. The van der Waals surface area contributed by atoms with E-state index in [1.807, 2.05) is 6.07 Å². The zero-order valence-corrected chi connectivity index (χ0v) is 10.1. The molecule has 5 heteroatoms. The summed E-state index contributed by atoms with van der Waals surface area (Å²) < 4.78 is 0. The van der Waals surface area contributed by atoms with Crippen LogP contribution in [-0.4, -0.2) is 6.03 Å². The summed E-state index contributed by atoms with van der Waals surface area (Å²) >= 11 is 0. The highest BCUT2D eigenvalue weighted by molar-refractivity contribution is 6.00. The van der Waals surface area contributed by atoms with Crippen molar-refractivity contribution in [1.82, 2.24) is 0 Å². The largest absolute Gasteiger partial charge is 0.399 e. The van der Waals surface area contributed by atoms with Gasteiger partial charge in [0.2, 0.25) is 0 Å². The lowest BCUT2D eigenvalue weighted by Crippen LogP contribution is -2.20. The molecule has 19 heavy (non-hydrogen) atoms. The van der Waals surface area contributed by atoms with Crippen LogP contribution >= 0.6 is 0 Å². The number of hydrogen-bond acceptors (Lipinski definition) is 3. The Kier molecular flexibility index (Phi) is 3.64. The van der Waals surface area contributed by atoms with Crippen LogP contribution in [0, 0.1) is 11.3 Å². The number of nitriles is 1. The lowest BCUT2D eigenvalue weighted by molar-refractivity contribution is 0.262. The van der Waals surface area contributed by atoms with E-state index in [0.717, 1.165) is 0 Å². The second-order valence-corrected chi connectivity index (χ2v) is 3.86. The summed E-state index contributed by atoms with van der Waals surface area (Å²) in [6.45, 7) is 0. The molecule has 0 bridgehead atoms. The van der Waals surface area contributed by atoms with Crippen molar-refractivity contribution in [3.8, 4) is 6.07 Å². The zero-order chi connectivity index (χ0) is 13.7. The molecule has 0 saturated carbocycles. The summed E-state index contributed by atoms with van der Waals surface area (Å²) in [5, 5.41) is 14.2. The Labute approximate surface area is 110 Å². The number of nitrogens with zero attached hydrogens (tertiary/aromatic N) is 1. The molecule has 0 heterocycles. The van der Waals surface area contributed by atoms with Gasteiger partial charge in [0, 0.05) is 11.4 Å². The number of para-hydroxylation sites is 1. The average Bonchev–Trinajstić information content (AvgIpc) is 2.39. The molecular formula is C14H12N4O. The first-order chi connectivity index (χ1) is 9.19. The van der Waals surface area contributed by atoms with E-state index in [2.05, 4.69) is 10.6 Å². The molecule has 0 aliphatic rings. The summed E-state index contributed by atoms with van der Waals surface area (Å²) in [4.78, 5) is 11.8. The summed E-state index contributed by atoms with van der Waals surface area (Å²) in [6.07, 6.45) is 0. The van der Waals surface area contributed by atoms with Gasteiger partial charge < -0.3 is 16.4 Å². The number of amides is 2. The van der Waals surface area contributed by atoms with Gasteiger partial charge in [-0.1, -0.05) is 18.2 Å². The quantitative estimate of drug-likeness (QED) is 0.718. The summed E-state index contributed by atoms with van der Waals surface area (Å²) in [6, 6.07) is 15.2. The van der Waals surface area contributed by atoms with E-state index < -0.39 is 6.03 Å². The van der Waals surface area contributed by atoms with Crippen LogP contribution in [0.2, 0.25) is 0 Å². The third-order valence-corrected chi connectivity index (χ3v) is 2.44. The van der Waals surface area contributed by atoms with E-state index in [0.29, 0.717) is 22.6 Å². The van der Waals surface area contributed by atoms with Crippen LogP contribution in [0.15, 0.2) is 48.5 Å². The number of carbonyl (C=O) groups is 1. The number of rotatable bonds is 2. The van der Waals surface area contributed by atoms with Gasteiger partial charge in [-0.25, -0.2) is 4.79 Å². The second-order valence-electron chi connectivity index (χ2n) is 3.86. The highest BCUT2D eigenvalue weighted by Gasteiger charge is 2.06. The molecule has 0 aromatic heterocycles. The number of benzene rings is 2. The summed E-state index contributed by atoms with van der Waals surface area (Å²) in [5.74, 6) is 0. The SMILES string of the molecule is N#Cc1ccccc1NC(=O)Nc1cccc(N)c1. The highest BCUT2D eigenvalue weighted by Crippen LogP contribution is 2.15. The third kappa shape index (κ3) is 3.23. The van der Waals surface area contributed by atoms with Crippen molar-refractivity contribution in [3.63, 3.8) is 0 Å².